The van der Waals surface area contributed by atoms with Crippen LogP contribution >= 0.6 is 0 Å². The van der Waals surface area contributed by atoms with Crippen molar-refractivity contribution in [3.8, 4) is 6.07 Å². The maximum Gasteiger partial charge on any atom is 0.0775 e. The van der Waals surface area contributed by atoms with E-state index in [2.05, 4.69) is 52.7 Å². The molecule has 4 heteroatoms. The van der Waals surface area contributed by atoms with Crippen molar-refractivity contribution in [1.29, 1.82) is 5.26 Å². The number of fused-ring (bicyclic) bond motifs is 1. The molecule has 24 heavy (non-hydrogen) atoms. The highest BCUT2D eigenvalue weighted by Crippen LogP contribution is 2.31. The minimum atomic E-state index is -0.362. The monoisotopic (exact) mass is 321 g/mol. The molecule has 3 rings (SSSR count). The van der Waals surface area contributed by atoms with Gasteiger partial charge in [0.05, 0.1) is 24.6 Å². The second-order valence-electron chi connectivity index (χ2n) is 6.32. The minimum Gasteiger partial charge on any atom is -0.391 e. The summed E-state index contributed by atoms with van der Waals surface area (Å²) in [5.74, 6) is 0. The zero-order valence-electron chi connectivity index (χ0n) is 13.9. The molecule has 0 fully saturated rings. The Morgan fingerprint density at radius 2 is 1.96 bits per heavy atom. The van der Waals surface area contributed by atoms with Crippen LogP contribution in [0.3, 0.4) is 0 Å². The lowest BCUT2D eigenvalue weighted by atomic mass is 10.1. The van der Waals surface area contributed by atoms with E-state index in [0.29, 0.717) is 6.42 Å². The highest BCUT2D eigenvalue weighted by Gasteiger charge is 2.29. The SMILES string of the molecule is CN(CCC#N)c1ccc(CN[C@@H]2c3ccccc3C[C@@H]2O)cc1. The lowest BCUT2D eigenvalue weighted by Gasteiger charge is -2.20. The van der Waals surface area contributed by atoms with Crippen LogP contribution in [0.15, 0.2) is 48.5 Å². The number of nitriles is 1. The molecule has 1 aliphatic carbocycles. The van der Waals surface area contributed by atoms with Crippen LogP contribution < -0.4 is 10.2 Å². The van der Waals surface area contributed by atoms with E-state index in [-0.39, 0.29) is 12.1 Å². The van der Waals surface area contributed by atoms with Gasteiger partial charge in [-0.1, -0.05) is 36.4 Å². The molecule has 2 aromatic rings. The first-order valence-electron chi connectivity index (χ1n) is 8.35. The Labute approximate surface area is 143 Å². The maximum atomic E-state index is 10.3. The molecule has 2 N–H and O–H groups in total. The third-order valence-electron chi connectivity index (χ3n) is 4.67. The number of nitrogens with zero attached hydrogens (tertiary/aromatic N) is 2. The molecule has 2 aromatic carbocycles. The standard InChI is InChI=1S/C20H23N3O/c1-23(12-4-11-21)17-9-7-15(8-10-17)14-22-20-18-6-3-2-5-16(18)13-19(20)24/h2-3,5-10,19-20,22,24H,4,12-14H2,1H3/t19-,20+/m0/s1. The van der Waals surface area contributed by atoms with Crippen molar-refractivity contribution < 1.29 is 5.11 Å². The molecule has 0 amide bonds. The fraction of sp³-hybridized carbons (Fsp3) is 0.350. The smallest absolute Gasteiger partial charge is 0.0775 e. The van der Waals surface area contributed by atoms with Gasteiger partial charge in [-0.3, -0.25) is 0 Å². The number of rotatable bonds is 6. The van der Waals surface area contributed by atoms with Crippen LogP contribution in [0.25, 0.3) is 0 Å². The largest absolute Gasteiger partial charge is 0.391 e. The molecule has 2 atom stereocenters. The van der Waals surface area contributed by atoms with E-state index in [1.165, 1.54) is 16.7 Å². The fourth-order valence-corrected chi connectivity index (χ4v) is 3.26. The number of nitrogens with one attached hydrogen (secondary N) is 1. The summed E-state index contributed by atoms with van der Waals surface area (Å²) in [6, 6.07) is 18.7. The zero-order valence-corrected chi connectivity index (χ0v) is 13.9. The molecular weight excluding hydrogens is 298 g/mol. The molecule has 0 bridgehead atoms. The lowest BCUT2D eigenvalue weighted by molar-refractivity contribution is 0.140. The topological polar surface area (TPSA) is 59.3 Å². The summed E-state index contributed by atoms with van der Waals surface area (Å²) >= 11 is 0. The average Bonchev–Trinajstić information content (AvgIpc) is 2.93. The van der Waals surface area contributed by atoms with Crippen molar-refractivity contribution in [2.24, 2.45) is 0 Å². The number of hydrogen-bond donors (Lipinski definition) is 2. The van der Waals surface area contributed by atoms with Gasteiger partial charge in [0.2, 0.25) is 0 Å². The zero-order chi connectivity index (χ0) is 16.9. The first-order valence-corrected chi connectivity index (χ1v) is 8.35. The molecule has 1 aliphatic rings. The number of hydrogen-bond acceptors (Lipinski definition) is 4. The van der Waals surface area contributed by atoms with Gasteiger partial charge >= 0.3 is 0 Å². The summed E-state index contributed by atoms with van der Waals surface area (Å²) in [6.07, 6.45) is 0.883. The van der Waals surface area contributed by atoms with Crippen LogP contribution in [0, 0.1) is 11.3 Å². The highest BCUT2D eigenvalue weighted by atomic mass is 16.3. The quantitative estimate of drug-likeness (QED) is 0.859. The van der Waals surface area contributed by atoms with Gasteiger partial charge in [0, 0.05) is 32.2 Å². The van der Waals surface area contributed by atoms with Gasteiger partial charge < -0.3 is 15.3 Å². The second kappa shape index (κ2) is 7.48. The first-order chi connectivity index (χ1) is 11.7. The molecule has 0 saturated carbocycles. The maximum absolute atomic E-state index is 10.3. The van der Waals surface area contributed by atoms with E-state index in [0.717, 1.165) is 25.2 Å². The second-order valence-corrected chi connectivity index (χ2v) is 6.32. The van der Waals surface area contributed by atoms with Gasteiger partial charge in [-0.25, -0.2) is 0 Å². The Balaban J connectivity index is 1.60. The van der Waals surface area contributed by atoms with E-state index < -0.39 is 0 Å². The van der Waals surface area contributed by atoms with Crippen molar-refractivity contribution in [1.82, 2.24) is 5.32 Å². The van der Waals surface area contributed by atoms with Crippen molar-refractivity contribution in [3.63, 3.8) is 0 Å². The highest BCUT2D eigenvalue weighted by molar-refractivity contribution is 5.47. The van der Waals surface area contributed by atoms with Crippen molar-refractivity contribution in [3.05, 3.63) is 65.2 Å². The van der Waals surface area contributed by atoms with Crippen LogP contribution in [0.5, 0.6) is 0 Å². The van der Waals surface area contributed by atoms with Crippen LogP contribution in [0.4, 0.5) is 5.69 Å². The number of aliphatic hydroxyl groups excluding tert-OH is 1. The lowest BCUT2D eigenvalue weighted by Crippen LogP contribution is -2.28. The van der Waals surface area contributed by atoms with Gasteiger partial charge in [-0.2, -0.15) is 5.26 Å². The number of benzene rings is 2. The molecule has 0 spiro atoms. The van der Waals surface area contributed by atoms with E-state index >= 15 is 0 Å². The molecular formula is C20H23N3O. The van der Waals surface area contributed by atoms with Crippen LogP contribution in [-0.2, 0) is 13.0 Å². The Kier molecular flexibility index (Phi) is 5.14. The summed E-state index contributed by atoms with van der Waals surface area (Å²) in [5, 5.41) is 22.4. The van der Waals surface area contributed by atoms with Crippen molar-refractivity contribution in [2.75, 3.05) is 18.5 Å². The Hall–Kier alpha value is -2.35. The molecule has 124 valence electrons. The van der Waals surface area contributed by atoms with Crippen LogP contribution in [-0.4, -0.2) is 24.8 Å². The van der Waals surface area contributed by atoms with E-state index in [4.69, 9.17) is 5.26 Å². The van der Waals surface area contributed by atoms with Crippen LogP contribution in [0.1, 0.15) is 29.2 Å². The van der Waals surface area contributed by atoms with Gasteiger partial charge in [0.15, 0.2) is 0 Å². The van der Waals surface area contributed by atoms with Crippen molar-refractivity contribution in [2.45, 2.75) is 31.5 Å². The molecule has 0 heterocycles. The predicted octanol–water partition coefficient (Wildman–Crippen LogP) is 2.78. The predicted molar refractivity (Wildman–Crippen MR) is 95.7 cm³/mol. The normalized spacial score (nSPS) is 18.9. The summed E-state index contributed by atoms with van der Waals surface area (Å²) in [6.45, 7) is 1.46. The minimum absolute atomic E-state index is 0.000760. The van der Waals surface area contributed by atoms with Gasteiger partial charge in [-0.15, -0.1) is 0 Å². The molecule has 0 saturated heterocycles. The van der Waals surface area contributed by atoms with Gasteiger partial charge in [0.1, 0.15) is 0 Å². The third kappa shape index (κ3) is 3.59. The van der Waals surface area contributed by atoms with E-state index in [9.17, 15) is 5.11 Å². The van der Waals surface area contributed by atoms with E-state index in [1.54, 1.807) is 0 Å². The third-order valence-corrected chi connectivity index (χ3v) is 4.67. The summed E-state index contributed by atoms with van der Waals surface area (Å²) in [4.78, 5) is 2.08. The molecule has 0 aromatic heterocycles. The van der Waals surface area contributed by atoms with Crippen LogP contribution in [0.2, 0.25) is 0 Å². The van der Waals surface area contributed by atoms with E-state index in [1.807, 2.05) is 19.2 Å². The first kappa shape index (κ1) is 16.5. The van der Waals surface area contributed by atoms with Gasteiger partial charge in [-0.05, 0) is 28.8 Å². The number of anilines is 1. The Morgan fingerprint density at radius 3 is 2.71 bits per heavy atom. The van der Waals surface area contributed by atoms with Gasteiger partial charge in [0.25, 0.3) is 0 Å². The summed E-state index contributed by atoms with van der Waals surface area (Å²) < 4.78 is 0. The molecule has 0 radical (unpaired) electrons. The summed E-state index contributed by atoms with van der Waals surface area (Å²) in [5.41, 5.74) is 4.74. The summed E-state index contributed by atoms with van der Waals surface area (Å²) in [7, 11) is 2.00. The Morgan fingerprint density at radius 1 is 1.21 bits per heavy atom. The number of aliphatic hydroxyl groups is 1. The molecule has 4 nitrogen and oxygen atoms in total. The molecule has 0 aliphatic heterocycles. The average molecular weight is 321 g/mol. The fourth-order valence-electron chi connectivity index (χ4n) is 3.26. The van der Waals surface area contributed by atoms with Crippen molar-refractivity contribution >= 4 is 5.69 Å². The Bertz CT molecular complexity index is 720. The molecule has 0 unspecified atom stereocenters.